The molecule has 4 atom stereocenters. The maximum atomic E-state index is 13.1. The largest absolute Gasteiger partial charge is 0.495 e. The number of amides is 1. The van der Waals surface area contributed by atoms with Crippen molar-refractivity contribution in [2.75, 3.05) is 20.2 Å². The van der Waals surface area contributed by atoms with Crippen molar-refractivity contribution in [1.29, 1.82) is 0 Å². The fraction of sp³-hybridized carbons (Fsp3) is 0.760. The summed E-state index contributed by atoms with van der Waals surface area (Å²) in [5.41, 5.74) is 1.04. The van der Waals surface area contributed by atoms with Crippen molar-refractivity contribution >= 4 is 5.91 Å². The molecule has 4 aliphatic rings. The van der Waals surface area contributed by atoms with Gasteiger partial charge in [0.25, 0.3) is 0 Å². The first kappa shape index (κ1) is 20.3. The van der Waals surface area contributed by atoms with E-state index in [1.807, 2.05) is 18.3 Å². The average Bonchev–Trinajstić information content (AvgIpc) is 2.78. The normalized spacial score (nSPS) is 32.7. The maximum Gasteiger partial charge on any atom is 0.223 e. The highest BCUT2D eigenvalue weighted by Gasteiger charge is 2.49. The Morgan fingerprint density at radius 2 is 1.93 bits per heavy atom. The van der Waals surface area contributed by atoms with E-state index in [0.29, 0.717) is 29.8 Å². The highest BCUT2D eigenvalue weighted by molar-refractivity contribution is 5.78. The minimum absolute atomic E-state index is 0.446. The van der Waals surface area contributed by atoms with Gasteiger partial charge in [0.1, 0.15) is 5.75 Å². The Morgan fingerprint density at radius 3 is 2.77 bits per heavy atom. The molecule has 1 amide bonds. The molecule has 1 aromatic rings. The zero-order valence-electron chi connectivity index (χ0n) is 18.5. The number of carbonyl (C=O) groups is 1. The molecule has 4 heterocycles. The van der Waals surface area contributed by atoms with Crippen LogP contribution in [0.15, 0.2) is 18.3 Å². The van der Waals surface area contributed by atoms with Crippen molar-refractivity contribution in [3.63, 3.8) is 0 Å². The minimum Gasteiger partial charge on any atom is -0.495 e. The Kier molecular flexibility index (Phi) is 5.99. The first-order valence-corrected chi connectivity index (χ1v) is 12.2. The molecule has 3 saturated heterocycles. The lowest BCUT2D eigenvalue weighted by Crippen LogP contribution is -2.65. The third-order valence-electron chi connectivity index (χ3n) is 8.31. The fourth-order valence-electron chi connectivity index (χ4n) is 7.01. The first-order chi connectivity index (χ1) is 14.7. The van der Waals surface area contributed by atoms with E-state index in [9.17, 15) is 4.79 Å². The number of carbonyl (C=O) groups excluding carboxylic acids is 1. The Bertz CT molecular complexity index is 748. The molecule has 0 radical (unpaired) electrons. The number of hydrogen-bond donors (Lipinski definition) is 0. The molecular weight excluding hydrogens is 374 g/mol. The van der Waals surface area contributed by atoms with Crippen LogP contribution in [0.2, 0.25) is 0 Å². The Morgan fingerprint density at radius 1 is 1.10 bits per heavy atom. The van der Waals surface area contributed by atoms with Gasteiger partial charge in [-0.05, 0) is 55.6 Å². The summed E-state index contributed by atoms with van der Waals surface area (Å²) in [5.74, 6) is 3.38. The molecule has 0 spiro atoms. The van der Waals surface area contributed by atoms with Crippen molar-refractivity contribution in [1.82, 2.24) is 14.8 Å². The van der Waals surface area contributed by atoms with Crippen LogP contribution in [0.4, 0.5) is 0 Å². The van der Waals surface area contributed by atoms with E-state index in [1.165, 1.54) is 51.4 Å². The summed E-state index contributed by atoms with van der Waals surface area (Å²) < 4.78 is 5.56. The number of likely N-dealkylation sites (tertiary alicyclic amines) is 1. The van der Waals surface area contributed by atoms with E-state index in [0.717, 1.165) is 49.8 Å². The number of piperidine rings is 3. The number of rotatable bonds is 5. The molecule has 164 valence electrons. The van der Waals surface area contributed by atoms with Crippen LogP contribution in [0.25, 0.3) is 0 Å². The van der Waals surface area contributed by atoms with Gasteiger partial charge >= 0.3 is 0 Å². The van der Waals surface area contributed by atoms with Gasteiger partial charge < -0.3 is 9.64 Å². The predicted molar refractivity (Wildman–Crippen MR) is 117 cm³/mol. The molecule has 5 heteroatoms. The molecule has 2 bridgehead atoms. The van der Waals surface area contributed by atoms with Crippen LogP contribution in [-0.4, -0.2) is 53.0 Å². The second-order valence-corrected chi connectivity index (χ2v) is 10.2. The zero-order valence-corrected chi connectivity index (χ0v) is 18.5. The first-order valence-electron chi connectivity index (χ1n) is 12.2. The number of fused-ring (bicyclic) bond motifs is 4. The lowest BCUT2D eigenvalue weighted by Gasteiger charge is -2.57. The van der Waals surface area contributed by atoms with Gasteiger partial charge in [-0.3, -0.25) is 14.7 Å². The van der Waals surface area contributed by atoms with E-state index >= 15 is 0 Å². The van der Waals surface area contributed by atoms with E-state index in [1.54, 1.807) is 7.11 Å². The summed E-state index contributed by atoms with van der Waals surface area (Å²) >= 11 is 0. The molecule has 3 aliphatic heterocycles. The van der Waals surface area contributed by atoms with Crippen LogP contribution < -0.4 is 4.74 Å². The predicted octanol–water partition coefficient (Wildman–Crippen LogP) is 4.26. The summed E-state index contributed by atoms with van der Waals surface area (Å²) in [7, 11) is 1.73. The third-order valence-corrected chi connectivity index (χ3v) is 8.31. The second-order valence-electron chi connectivity index (χ2n) is 10.2. The Hall–Kier alpha value is -1.62. The second kappa shape index (κ2) is 8.86. The summed E-state index contributed by atoms with van der Waals surface area (Å²) in [6.45, 7) is 3.03. The average molecular weight is 412 g/mol. The standard InChI is InChI=1S/C25H37N3O2/c1-30-24-10-6-12-26-21(24)17-27-15-19-14-20(16-27)23(13-18-7-3-2-4-8-18)28-22(19)9-5-11-25(28)29/h6,10,12,18-20,22-23H,2-5,7-9,11,13-17H2,1H3/t19-,20+,22+,23+/m1/s1. The summed E-state index contributed by atoms with van der Waals surface area (Å²) in [6, 6.07) is 4.87. The minimum atomic E-state index is 0.446. The lowest BCUT2D eigenvalue weighted by molar-refractivity contribution is -0.154. The van der Waals surface area contributed by atoms with Crippen LogP contribution in [0, 0.1) is 17.8 Å². The van der Waals surface area contributed by atoms with Crippen LogP contribution in [0.1, 0.15) is 69.9 Å². The topological polar surface area (TPSA) is 45.7 Å². The third kappa shape index (κ3) is 3.98. The summed E-state index contributed by atoms with van der Waals surface area (Å²) in [6.07, 6.45) is 14.4. The molecule has 5 rings (SSSR count). The van der Waals surface area contributed by atoms with Gasteiger partial charge in [-0.15, -0.1) is 0 Å². The van der Waals surface area contributed by atoms with Crippen LogP contribution >= 0.6 is 0 Å². The maximum absolute atomic E-state index is 13.1. The molecular formula is C25H37N3O2. The lowest BCUT2D eigenvalue weighted by atomic mass is 9.69. The number of hydrogen-bond acceptors (Lipinski definition) is 4. The summed E-state index contributed by atoms with van der Waals surface area (Å²) in [5, 5.41) is 0. The van der Waals surface area contributed by atoms with Crippen molar-refractivity contribution < 1.29 is 9.53 Å². The molecule has 0 unspecified atom stereocenters. The molecule has 0 aromatic carbocycles. The fourth-order valence-corrected chi connectivity index (χ4v) is 7.01. The van der Waals surface area contributed by atoms with E-state index in [-0.39, 0.29) is 0 Å². The quantitative estimate of drug-likeness (QED) is 0.726. The van der Waals surface area contributed by atoms with Crippen molar-refractivity contribution in [2.45, 2.75) is 82.8 Å². The van der Waals surface area contributed by atoms with Gasteiger partial charge in [-0.2, -0.15) is 0 Å². The van der Waals surface area contributed by atoms with E-state index in [4.69, 9.17) is 4.74 Å². The number of methoxy groups -OCH3 is 1. The van der Waals surface area contributed by atoms with E-state index < -0.39 is 0 Å². The molecule has 0 N–H and O–H groups in total. The van der Waals surface area contributed by atoms with Gasteiger partial charge in [0, 0.05) is 44.3 Å². The zero-order chi connectivity index (χ0) is 20.5. The Labute approximate surface area is 181 Å². The molecule has 30 heavy (non-hydrogen) atoms. The number of ether oxygens (including phenoxy) is 1. The summed E-state index contributed by atoms with van der Waals surface area (Å²) in [4.78, 5) is 22.7. The van der Waals surface area contributed by atoms with Gasteiger partial charge in [0.15, 0.2) is 0 Å². The SMILES string of the molecule is COc1cccnc1CN1C[C@H]2C[C@@H](C1)[C@H](CC1CCCCC1)N1C(=O)CCC[C@@H]21. The molecule has 1 aliphatic carbocycles. The Balaban J connectivity index is 1.36. The highest BCUT2D eigenvalue weighted by Crippen LogP contribution is 2.45. The van der Waals surface area contributed by atoms with Gasteiger partial charge in [-0.25, -0.2) is 0 Å². The smallest absolute Gasteiger partial charge is 0.223 e. The molecule has 1 saturated carbocycles. The number of nitrogens with zero attached hydrogens (tertiary/aromatic N) is 3. The molecule has 5 nitrogen and oxygen atoms in total. The highest BCUT2D eigenvalue weighted by atomic mass is 16.5. The number of pyridine rings is 1. The van der Waals surface area contributed by atoms with Crippen LogP contribution in [0.3, 0.4) is 0 Å². The van der Waals surface area contributed by atoms with Gasteiger partial charge in [0.05, 0.1) is 12.8 Å². The number of aromatic nitrogens is 1. The van der Waals surface area contributed by atoms with E-state index in [2.05, 4.69) is 14.8 Å². The van der Waals surface area contributed by atoms with Crippen molar-refractivity contribution in [2.24, 2.45) is 17.8 Å². The monoisotopic (exact) mass is 411 g/mol. The van der Waals surface area contributed by atoms with Crippen molar-refractivity contribution in [3.05, 3.63) is 24.0 Å². The molecule has 4 fully saturated rings. The van der Waals surface area contributed by atoms with Crippen molar-refractivity contribution in [3.8, 4) is 5.75 Å². The molecule has 1 aromatic heterocycles. The van der Waals surface area contributed by atoms with Crippen LogP contribution in [0.5, 0.6) is 5.75 Å². The van der Waals surface area contributed by atoms with Crippen LogP contribution in [-0.2, 0) is 11.3 Å². The van der Waals surface area contributed by atoms with Gasteiger partial charge in [-0.1, -0.05) is 32.1 Å². The van der Waals surface area contributed by atoms with Gasteiger partial charge in [0.2, 0.25) is 5.91 Å².